The van der Waals surface area contributed by atoms with Gasteiger partial charge in [0.1, 0.15) is 24.4 Å². The third-order valence-electron chi connectivity index (χ3n) is 10.1. The first-order chi connectivity index (χ1) is 21.6. The largest absolute Gasteiger partial charge is 0.492 e. The molecule has 45 heavy (non-hydrogen) atoms. The Labute approximate surface area is 257 Å². The third-order valence-corrected chi connectivity index (χ3v) is 10.1. The van der Waals surface area contributed by atoms with Crippen molar-refractivity contribution in [1.29, 1.82) is 0 Å². The predicted molar refractivity (Wildman–Crippen MR) is 160 cm³/mol. The van der Waals surface area contributed by atoms with Gasteiger partial charge in [0.2, 0.25) is 5.79 Å². The summed E-state index contributed by atoms with van der Waals surface area (Å²) in [5.41, 5.74) is 12.6. The maximum atomic E-state index is 13.7. The molecule has 0 bridgehead atoms. The summed E-state index contributed by atoms with van der Waals surface area (Å²) in [6, 6.07) is 10.4. The van der Waals surface area contributed by atoms with Crippen molar-refractivity contribution in [2.24, 2.45) is 21.5 Å². The van der Waals surface area contributed by atoms with E-state index in [4.69, 9.17) is 16.2 Å². The number of nitrogens with one attached hydrogen (secondary N) is 2. The summed E-state index contributed by atoms with van der Waals surface area (Å²) in [6.45, 7) is -0.0330. The van der Waals surface area contributed by atoms with Crippen LogP contribution in [-0.4, -0.2) is 106 Å². The Morgan fingerprint density at radius 2 is 1.84 bits per heavy atom. The second-order valence-electron chi connectivity index (χ2n) is 12.5. The zero-order valence-corrected chi connectivity index (χ0v) is 24.2. The molecule has 1 aliphatic carbocycles. The first-order valence-electron chi connectivity index (χ1n) is 15.0. The second kappa shape index (κ2) is 9.31. The Kier molecular flexibility index (Phi) is 5.72. The van der Waals surface area contributed by atoms with E-state index in [-0.39, 0.29) is 37.0 Å². The fourth-order valence-electron chi connectivity index (χ4n) is 7.63. The summed E-state index contributed by atoms with van der Waals surface area (Å²) in [6.07, 6.45) is 2.98. The number of benzene rings is 2. The van der Waals surface area contributed by atoms with E-state index in [0.29, 0.717) is 23.6 Å². The maximum absolute atomic E-state index is 13.7. The second-order valence-corrected chi connectivity index (χ2v) is 12.5. The fraction of sp³-hybridized carbons (Fsp3) is 0.433. The topological polar surface area (TPSA) is 211 Å². The smallest absolute Gasteiger partial charge is 0.331 e. The molecule has 8 rings (SSSR count). The summed E-state index contributed by atoms with van der Waals surface area (Å²) < 4.78 is 5.95. The normalized spacial score (nSPS) is 30.2. The molecule has 3 fully saturated rings. The Morgan fingerprint density at radius 1 is 1.07 bits per heavy atom. The zero-order chi connectivity index (χ0) is 31.3. The van der Waals surface area contributed by atoms with Gasteiger partial charge < -0.3 is 42.0 Å². The molecule has 15 heteroatoms. The summed E-state index contributed by atoms with van der Waals surface area (Å²) in [5, 5.41) is 29.4. The molecular weight excluding hydrogens is 582 g/mol. The number of guanidine groups is 2. The van der Waals surface area contributed by atoms with Crippen molar-refractivity contribution in [3.63, 3.8) is 0 Å². The van der Waals surface area contributed by atoms with Crippen molar-refractivity contribution in [3.05, 3.63) is 59.7 Å². The minimum atomic E-state index is -2.68. The van der Waals surface area contributed by atoms with Crippen LogP contribution in [0.2, 0.25) is 0 Å². The molecule has 5 aliphatic heterocycles. The van der Waals surface area contributed by atoms with E-state index in [1.807, 2.05) is 18.2 Å². The highest BCUT2D eigenvalue weighted by Crippen LogP contribution is 2.56. The van der Waals surface area contributed by atoms with Gasteiger partial charge in [-0.2, -0.15) is 0 Å². The quantitative estimate of drug-likeness (QED) is 0.174. The number of ether oxygens (including phenoxy) is 1. The number of nitrogens with two attached hydrogens (primary N) is 2. The van der Waals surface area contributed by atoms with E-state index in [1.54, 1.807) is 30.3 Å². The molecular formula is C30H33N9O6. The SMILES string of the molecule is NC1=N[C@H]2[C@H](CN3C(=O)CN(c4ccccc4)C3=O)N=C(N)N3CC(NC(=O)c4cccc5c4OCCC54CC4)C(O)(O)C23N1. The van der Waals surface area contributed by atoms with Crippen molar-refractivity contribution in [2.45, 2.75) is 54.3 Å². The lowest BCUT2D eigenvalue weighted by atomic mass is 9.84. The average Bonchev–Trinajstić information content (AvgIpc) is 3.53. The highest BCUT2D eigenvalue weighted by Gasteiger charge is 2.73. The molecule has 4 atom stereocenters. The number of fused-ring (bicyclic) bond motifs is 2. The van der Waals surface area contributed by atoms with Gasteiger partial charge in [-0.3, -0.25) is 19.4 Å². The van der Waals surface area contributed by atoms with Crippen LogP contribution in [0.5, 0.6) is 5.75 Å². The van der Waals surface area contributed by atoms with Crippen LogP contribution in [-0.2, 0) is 10.2 Å². The number of rotatable bonds is 5. The van der Waals surface area contributed by atoms with E-state index < -0.39 is 47.4 Å². The minimum absolute atomic E-state index is 0.0422. The number of amides is 4. The number of anilines is 1. The lowest BCUT2D eigenvalue weighted by molar-refractivity contribution is -0.230. The Morgan fingerprint density at radius 3 is 2.60 bits per heavy atom. The van der Waals surface area contributed by atoms with E-state index in [2.05, 4.69) is 20.6 Å². The number of nitrogens with zero attached hydrogens (tertiary/aromatic N) is 5. The van der Waals surface area contributed by atoms with Crippen LogP contribution in [0.3, 0.4) is 0 Å². The van der Waals surface area contributed by atoms with E-state index in [1.165, 1.54) is 9.80 Å². The van der Waals surface area contributed by atoms with Gasteiger partial charge in [0.25, 0.3) is 11.8 Å². The van der Waals surface area contributed by atoms with Crippen LogP contribution in [0.4, 0.5) is 10.5 Å². The maximum Gasteiger partial charge on any atom is 0.331 e. The number of hydrogen-bond acceptors (Lipinski definition) is 12. The Hall–Kier alpha value is -4.89. The van der Waals surface area contributed by atoms with Crippen LogP contribution < -0.4 is 31.7 Å². The molecule has 4 amide bonds. The van der Waals surface area contributed by atoms with Gasteiger partial charge >= 0.3 is 6.03 Å². The summed E-state index contributed by atoms with van der Waals surface area (Å²) in [5.74, 6) is -3.35. The molecule has 2 saturated heterocycles. The summed E-state index contributed by atoms with van der Waals surface area (Å²) in [7, 11) is 0. The van der Waals surface area contributed by atoms with Gasteiger partial charge in [-0.25, -0.2) is 14.8 Å². The molecule has 234 valence electrons. The van der Waals surface area contributed by atoms with Crippen molar-refractivity contribution >= 4 is 35.5 Å². The molecule has 1 saturated carbocycles. The van der Waals surface area contributed by atoms with Crippen LogP contribution in [0.25, 0.3) is 0 Å². The van der Waals surface area contributed by atoms with Gasteiger partial charge in [-0.1, -0.05) is 30.3 Å². The monoisotopic (exact) mass is 615 g/mol. The number of aliphatic imine (C=N–C) groups is 2. The lowest BCUT2D eigenvalue weighted by Gasteiger charge is -2.49. The molecule has 8 N–H and O–H groups in total. The van der Waals surface area contributed by atoms with E-state index >= 15 is 0 Å². The lowest BCUT2D eigenvalue weighted by Crippen LogP contribution is -2.78. The minimum Gasteiger partial charge on any atom is -0.492 e. The van der Waals surface area contributed by atoms with E-state index in [9.17, 15) is 24.6 Å². The number of carbonyl (C=O) groups is 3. The molecule has 2 spiro atoms. The number of hydrogen-bond donors (Lipinski definition) is 6. The van der Waals surface area contributed by atoms with Crippen LogP contribution in [0.15, 0.2) is 58.5 Å². The highest BCUT2D eigenvalue weighted by atomic mass is 16.5. The van der Waals surface area contributed by atoms with Gasteiger partial charge in [-0.05, 0) is 37.5 Å². The van der Waals surface area contributed by atoms with Crippen molar-refractivity contribution < 1.29 is 29.3 Å². The standard InChI is InChI=1S/C30H33N9O6/c31-25-35-23-19(13-38-21(40)15-37(27(38)42)16-5-2-1-3-6-16)33-26(32)39-14-20(30(43,44)29(23,39)36-25)34-24(41)17-7-4-8-18-22(17)45-12-11-28(18)9-10-28/h1-8,19-20,23,43-44H,9-15H2,(H2,32,33)(H,34,41)(H3,31,35,36)/t19-,20?,23-,29?/m0/s1. The van der Waals surface area contributed by atoms with Crippen molar-refractivity contribution in [1.82, 2.24) is 20.4 Å². The Bertz CT molecular complexity index is 1690. The van der Waals surface area contributed by atoms with Gasteiger partial charge in [0, 0.05) is 23.2 Å². The van der Waals surface area contributed by atoms with Gasteiger partial charge in [-0.15, -0.1) is 0 Å². The molecule has 15 nitrogen and oxygen atoms in total. The number of para-hydroxylation sites is 2. The predicted octanol–water partition coefficient (Wildman–Crippen LogP) is -1.26. The van der Waals surface area contributed by atoms with Crippen LogP contribution in [0.1, 0.15) is 35.2 Å². The third kappa shape index (κ3) is 3.80. The summed E-state index contributed by atoms with van der Waals surface area (Å²) >= 11 is 0. The molecule has 6 aliphatic rings. The number of urea groups is 1. The molecule has 2 unspecified atom stereocenters. The average molecular weight is 616 g/mol. The Balaban J connectivity index is 1.07. The van der Waals surface area contributed by atoms with Gasteiger partial charge in [0.05, 0.1) is 24.8 Å². The number of aliphatic hydroxyl groups is 2. The molecule has 5 heterocycles. The van der Waals surface area contributed by atoms with Crippen molar-refractivity contribution in [3.8, 4) is 5.75 Å². The molecule has 2 aromatic carbocycles. The zero-order valence-electron chi connectivity index (χ0n) is 24.2. The fourth-order valence-corrected chi connectivity index (χ4v) is 7.63. The first kappa shape index (κ1) is 27.6. The molecule has 2 aromatic rings. The van der Waals surface area contributed by atoms with Gasteiger partial charge in [0.15, 0.2) is 17.6 Å². The summed E-state index contributed by atoms with van der Waals surface area (Å²) in [4.78, 5) is 52.9. The van der Waals surface area contributed by atoms with E-state index in [0.717, 1.165) is 29.7 Å². The van der Waals surface area contributed by atoms with Crippen LogP contribution >= 0.6 is 0 Å². The first-order valence-corrected chi connectivity index (χ1v) is 15.0. The van der Waals surface area contributed by atoms with Crippen LogP contribution in [0, 0.1) is 0 Å². The highest BCUT2D eigenvalue weighted by molar-refractivity contribution is 6.12. The molecule has 0 aromatic heterocycles. The molecule has 0 radical (unpaired) electrons. The number of carbonyl (C=O) groups excluding carboxylic acids is 3. The number of imide groups is 1. The van der Waals surface area contributed by atoms with Crippen molar-refractivity contribution in [2.75, 3.05) is 31.1 Å².